The molecule has 0 amide bonds. The topological polar surface area (TPSA) is 40.5 Å². The van der Waals surface area contributed by atoms with Crippen LogP contribution in [-0.4, -0.2) is 46.6 Å². The number of likely N-dealkylation sites (tertiary alicyclic amines) is 1. The maximum absolute atomic E-state index is 10.6. The van der Waals surface area contributed by atoms with Crippen molar-refractivity contribution < 1.29 is 9.90 Å². The van der Waals surface area contributed by atoms with E-state index in [1.165, 1.54) is 17.9 Å². The van der Waals surface area contributed by atoms with E-state index in [1.54, 1.807) is 0 Å². The number of hydrogen-bond donors (Lipinski definition) is 1. The minimum Gasteiger partial charge on any atom is -0.481 e. The molecular weight excluding hydrogens is 210 g/mol. The Kier molecular flexibility index (Phi) is 3.92. The summed E-state index contributed by atoms with van der Waals surface area (Å²) in [5.74, 6) is 2.38. The van der Waals surface area contributed by atoms with Gasteiger partial charge in [0.1, 0.15) is 0 Å². The number of nitrogens with zero attached hydrogens (tertiary/aromatic N) is 1. The molecule has 1 N–H and O–H groups in total. The van der Waals surface area contributed by atoms with Crippen molar-refractivity contribution >= 4 is 17.7 Å². The zero-order valence-electron chi connectivity index (χ0n) is 9.02. The van der Waals surface area contributed by atoms with E-state index in [2.05, 4.69) is 16.7 Å². The molecule has 2 heterocycles. The Hall–Kier alpha value is -0.220. The van der Waals surface area contributed by atoms with Crippen LogP contribution in [0.15, 0.2) is 0 Å². The monoisotopic (exact) mass is 229 g/mol. The second-order valence-electron chi connectivity index (χ2n) is 4.59. The smallest absolute Gasteiger partial charge is 0.303 e. The van der Waals surface area contributed by atoms with E-state index in [9.17, 15) is 4.79 Å². The summed E-state index contributed by atoms with van der Waals surface area (Å²) in [6.45, 7) is 2.23. The Morgan fingerprint density at radius 2 is 2.07 bits per heavy atom. The molecule has 0 spiro atoms. The van der Waals surface area contributed by atoms with Crippen LogP contribution in [0.1, 0.15) is 25.7 Å². The molecule has 1 atom stereocenters. The molecule has 4 heteroatoms. The number of aliphatic carboxylic acids is 1. The highest BCUT2D eigenvalue weighted by molar-refractivity contribution is 7.99. The van der Waals surface area contributed by atoms with Crippen LogP contribution in [0.25, 0.3) is 0 Å². The second kappa shape index (κ2) is 5.21. The van der Waals surface area contributed by atoms with Crippen LogP contribution < -0.4 is 0 Å². The van der Waals surface area contributed by atoms with Crippen molar-refractivity contribution in [3.8, 4) is 0 Å². The molecule has 0 aliphatic carbocycles. The third-order valence-corrected chi connectivity index (χ3v) is 4.68. The van der Waals surface area contributed by atoms with Crippen molar-refractivity contribution in [3.05, 3.63) is 0 Å². The largest absolute Gasteiger partial charge is 0.481 e. The Labute approximate surface area is 95.2 Å². The normalized spacial score (nSPS) is 29.5. The van der Waals surface area contributed by atoms with Crippen molar-refractivity contribution in [1.29, 1.82) is 0 Å². The van der Waals surface area contributed by atoms with Crippen LogP contribution in [-0.2, 0) is 4.79 Å². The molecule has 2 aliphatic rings. The van der Waals surface area contributed by atoms with Crippen LogP contribution >= 0.6 is 11.8 Å². The van der Waals surface area contributed by atoms with Crippen LogP contribution in [0.3, 0.4) is 0 Å². The molecular formula is C11H19NO2S. The first-order valence-corrected chi connectivity index (χ1v) is 6.95. The maximum atomic E-state index is 10.6. The Morgan fingerprint density at radius 3 is 2.60 bits per heavy atom. The molecule has 2 aliphatic heterocycles. The van der Waals surface area contributed by atoms with Gasteiger partial charge >= 0.3 is 5.97 Å². The van der Waals surface area contributed by atoms with E-state index in [1.807, 2.05) is 0 Å². The number of hydrogen-bond acceptors (Lipinski definition) is 3. The van der Waals surface area contributed by atoms with E-state index in [0.29, 0.717) is 12.3 Å². The lowest BCUT2D eigenvalue weighted by molar-refractivity contribution is -0.138. The summed E-state index contributed by atoms with van der Waals surface area (Å²) < 4.78 is 0. The van der Waals surface area contributed by atoms with Crippen LogP contribution in [0.5, 0.6) is 0 Å². The number of carbonyl (C=O) groups is 1. The maximum Gasteiger partial charge on any atom is 0.303 e. The average molecular weight is 229 g/mol. The summed E-state index contributed by atoms with van der Waals surface area (Å²) in [6.07, 6.45) is 3.85. The van der Waals surface area contributed by atoms with Crippen molar-refractivity contribution in [2.45, 2.75) is 31.7 Å². The summed E-state index contributed by atoms with van der Waals surface area (Å²) in [6, 6.07) is 0.778. The summed E-state index contributed by atoms with van der Waals surface area (Å²) in [7, 11) is 0. The van der Waals surface area contributed by atoms with Crippen molar-refractivity contribution in [2.24, 2.45) is 5.92 Å². The summed E-state index contributed by atoms with van der Waals surface area (Å²) in [5, 5.41) is 8.73. The lowest BCUT2D eigenvalue weighted by atomic mass is 9.93. The van der Waals surface area contributed by atoms with E-state index in [0.717, 1.165) is 32.0 Å². The fraction of sp³-hybridized carbons (Fsp3) is 0.909. The summed E-state index contributed by atoms with van der Waals surface area (Å²) >= 11 is 2.05. The van der Waals surface area contributed by atoms with Gasteiger partial charge in [-0.25, -0.2) is 0 Å². The molecule has 2 rings (SSSR count). The van der Waals surface area contributed by atoms with Crippen molar-refractivity contribution in [3.63, 3.8) is 0 Å². The van der Waals surface area contributed by atoms with Crippen molar-refractivity contribution in [1.82, 2.24) is 4.90 Å². The highest BCUT2D eigenvalue weighted by atomic mass is 32.2. The minimum atomic E-state index is -0.634. The van der Waals surface area contributed by atoms with Gasteiger partial charge < -0.3 is 5.11 Å². The molecule has 2 saturated heterocycles. The number of thioether (sulfide) groups is 1. The number of carboxylic acids is 1. The fourth-order valence-corrected chi connectivity index (χ4v) is 3.83. The van der Waals surface area contributed by atoms with Gasteiger partial charge in [0.05, 0.1) is 0 Å². The summed E-state index contributed by atoms with van der Waals surface area (Å²) in [4.78, 5) is 13.2. The zero-order valence-corrected chi connectivity index (χ0v) is 9.84. The second-order valence-corrected chi connectivity index (χ2v) is 5.74. The highest BCUT2D eigenvalue weighted by Gasteiger charge is 2.27. The van der Waals surface area contributed by atoms with E-state index >= 15 is 0 Å². The molecule has 0 saturated carbocycles. The molecule has 0 unspecified atom stereocenters. The molecule has 15 heavy (non-hydrogen) atoms. The van der Waals surface area contributed by atoms with Gasteiger partial charge in [0, 0.05) is 18.2 Å². The lowest BCUT2D eigenvalue weighted by Gasteiger charge is -2.35. The van der Waals surface area contributed by atoms with Gasteiger partial charge in [-0.2, -0.15) is 11.8 Å². The quantitative estimate of drug-likeness (QED) is 0.799. The standard InChI is InChI=1S/C11H19NO2S/c13-11(14)7-9-1-4-12(5-2-9)10-3-6-15-8-10/h9-10H,1-8H2,(H,13,14)/t10-/m1/s1. The first-order valence-electron chi connectivity index (χ1n) is 5.79. The van der Waals surface area contributed by atoms with Gasteiger partial charge in [-0.15, -0.1) is 0 Å². The molecule has 86 valence electrons. The average Bonchev–Trinajstić information content (AvgIpc) is 2.71. The van der Waals surface area contributed by atoms with Crippen molar-refractivity contribution in [2.75, 3.05) is 24.6 Å². The van der Waals surface area contributed by atoms with E-state index in [-0.39, 0.29) is 0 Å². The number of rotatable bonds is 3. The lowest BCUT2D eigenvalue weighted by Crippen LogP contribution is -2.41. The van der Waals surface area contributed by atoms with Gasteiger partial charge in [0.15, 0.2) is 0 Å². The molecule has 0 bridgehead atoms. The van der Waals surface area contributed by atoms with Crippen LogP contribution in [0.2, 0.25) is 0 Å². The van der Waals surface area contributed by atoms with Gasteiger partial charge in [-0.3, -0.25) is 9.69 Å². The first kappa shape index (κ1) is 11.3. The Bertz CT molecular complexity index is 221. The highest BCUT2D eigenvalue weighted by Crippen LogP contribution is 2.27. The first-order chi connectivity index (χ1) is 7.25. The molecule has 2 fully saturated rings. The SMILES string of the molecule is O=C(O)CC1CCN([C@@H]2CCSC2)CC1. The van der Waals surface area contributed by atoms with Gasteiger partial charge in [-0.05, 0) is 44.0 Å². The molecule has 0 aromatic heterocycles. The van der Waals surface area contributed by atoms with E-state index in [4.69, 9.17) is 5.11 Å². The van der Waals surface area contributed by atoms with E-state index < -0.39 is 5.97 Å². The van der Waals surface area contributed by atoms with Gasteiger partial charge in [0.25, 0.3) is 0 Å². The predicted molar refractivity (Wildman–Crippen MR) is 62.3 cm³/mol. The van der Waals surface area contributed by atoms with Crippen LogP contribution in [0.4, 0.5) is 0 Å². The zero-order chi connectivity index (χ0) is 10.7. The number of carboxylic acid groups (broad SMARTS) is 1. The Morgan fingerprint density at radius 1 is 1.33 bits per heavy atom. The molecule has 0 aromatic rings. The van der Waals surface area contributed by atoms with Crippen LogP contribution in [0, 0.1) is 5.92 Å². The number of piperidine rings is 1. The summed E-state index contributed by atoms with van der Waals surface area (Å²) in [5.41, 5.74) is 0. The fourth-order valence-electron chi connectivity index (χ4n) is 2.58. The third kappa shape index (κ3) is 3.11. The third-order valence-electron chi connectivity index (χ3n) is 3.53. The molecule has 0 radical (unpaired) electrons. The van der Waals surface area contributed by atoms with Gasteiger partial charge in [-0.1, -0.05) is 0 Å². The molecule has 0 aromatic carbocycles. The van der Waals surface area contributed by atoms with Gasteiger partial charge in [0.2, 0.25) is 0 Å². The molecule has 3 nitrogen and oxygen atoms in total. The Balaban J connectivity index is 1.73. The minimum absolute atomic E-state index is 0.368. The predicted octanol–water partition coefficient (Wildman–Crippen LogP) is 1.68.